The summed E-state index contributed by atoms with van der Waals surface area (Å²) in [4.78, 5) is 44.2. The van der Waals surface area contributed by atoms with Crippen LogP contribution in [-0.2, 0) is 9.63 Å². The molecule has 0 aliphatic carbocycles. The highest BCUT2D eigenvalue weighted by Gasteiger charge is 2.43. The summed E-state index contributed by atoms with van der Waals surface area (Å²) in [5.74, 6) is -1.53. The fraction of sp³-hybridized carbons (Fsp3) is 0.438. The van der Waals surface area contributed by atoms with E-state index in [-0.39, 0.29) is 17.0 Å². The number of fused-ring (bicyclic) bond motifs is 4. The molecule has 2 amide bonds. The largest absolute Gasteiger partial charge is 0.337 e. The molecule has 3 saturated heterocycles. The average molecular weight is 300 g/mol. The number of hydrogen-bond acceptors (Lipinski definition) is 5. The molecule has 6 nitrogen and oxygen atoms in total. The maximum atomic E-state index is 12.4. The Balaban J connectivity index is 1.51. The van der Waals surface area contributed by atoms with Gasteiger partial charge in [0, 0.05) is 6.54 Å². The van der Waals surface area contributed by atoms with Gasteiger partial charge in [0.15, 0.2) is 0 Å². The second-order valence-corrected chi connectivity index (χ2v) is 6.11. The van der Waals surface area contributed by atoms with Crippen LogP contribution < -0.4 is 0 Å². The Morgan fingerprint density at radius 1 is 1.05 bits per heavy atom. The van der Waals surface area contributed by atoms with Crippen LogP contribution in [0.1, 0.15) is 33.6 Å². The van der Waals surface area contributed by atoms with E-state index >= 15 is 0 Å². The van der Waals surface area contributed by atoms with Crippen molar-refractivity contribution in [2.24, 2.45) is 11.8 Å². The minimum Gasteiger partial charge on any atom is -0.329 e. The van der Waals surface area contributed by atoms with Crippen molar-refractivity contribution in [2.75, 3.05) is 19.6 Å². The highest BCUT2D eigenvalue weighted by molar-refractivity contribution is 6.20. The quantitative estimate of drug-likeness (QED) is 0.765. The summed E-state index contributed by atoms with van der Waals surface area (Å²) in [6.45, 7) is 2.69. The standard InChI is InChI=1S/C16H16N2O4/c19-14-11-3-1-2-4-12(11)15(20)18(14)22-16(21)13-9-17-7-5-10(13)6-8-17/h1-4,10,13H,5-9H2. The van der Waals surface area contributed by atoms with Crippen LogP contribution in [0.4, 0.5) is 0 Å². The number of amides is 2. The molecule has 4 aliphatic heterocycles. The van der Waals surface area contributed by atoms with Gasteiger partial charge in [-0.2, -0.15) is 0 Å². The van der Waals surface area contributed by atoms with E-state index in [0.717, 1.165) is 25.9 Å². The van der Waals surface area contributed by atoms with Crippen molar-refractivity contribution in [1.29, 1.82) is 0 Å². The molecule has 5 rings (SSSR count). The van der Waals surface area contributed by atoms with Gasteiger partial charge in [0.05, 0.1) is 17.0 Å². The first-order valence-electron chi connectivity index (χ1n) is 7.57. The Kier molecular flexibility index (Phi) is 3.00. The molecule has 3 fully saturated rings. The summed E-state index contributed by atoms with van der Waals surface area (Å²) in [7, 11) is 0. The van der Waals surface area contributed by atoms with Crippen molar-refractivity contribution in [3.05, 3.63) is 35.4 Å². The topological polar surface area (TPSA) is 66.9 Å². The summed E-state index contributed by atoms with van der Waals surface area (Å²) in [5.41, 5.74) is 0.573. The Morgan fingerprint density at radius 3 is 2.14 bits per heavy atom. The maximum absolute atomic E-state index is 12.4. The Labute approximate surface area is 127 Å². The van der Waals surface area contributed by atoms with Crippen molar-refractivity contribution in [1.82, 2.24) is 9.96 Å². The van der Waals surface area contributed by atoms with Gasteiger partial charge >= 0.3 is 5.97 Å². The molecule has 0 aromatic heterocycles. The van der Waals surface area contributed by atoms with Gasteiger partial charge in [-0.1, -0.05) is 17.2 Å². The molecule has 0 radical (unpaired) electrons. The molecule has 1 aromatic rings. The van der Waals surface area contributed by atoms with E-state index < -0.39 is 17.8 Å². The lowest BCUT2D eigenvalue weighted by atomic mass is 9.79. The molecule has 0 spiro atoms. The number of carbonyl (C=O) groups excluding carboxylic acids is 3. The van der Waals surface area contributed by atoms with Crippen LogP contribution >= 0.6 is 0 Å². The average Bonchev–Trinajstić information content (AvgIpc) is 2.81. The van der Waals surface area contributed by atoms with Crippen LogP contribution in [0.25, 0.3) is 0 Å². The SMILES string of the molecule is O=C(ON1C(=O)c2ccccc2C1=O)C1CN2CCC1CC2. The lowest BCUT2D eigenvalue weighted by Gasteiger charge is -2.43. The normalized spacial score (nSPS) is 29.6. The van der Waals surface area contributed by atoms with Gasteiger partial charge in [-0.05, 0) is 44.0 Å². The molecule has 0 N–H and O–H groups in total. The van der Waals surface area contributed by atoms with Crippen LogP contribution in [0.15, 0.2) is 24.3 Å². The van der Waals surface area contributed by atoms with E-state index in [0.29, 0.717) is 17.5 Å². The minimum atomic E-state index is -0.560. The predicted molar refractivity (Wildman–Crippen MR) is 75.7 cm³/mol. The molecular formula is C16H16N2O4. The van der Waals surface area contributed by atoms with E-state index in [1.807, 2.05) is 0 Å². The highest BCUT2D eigenvalue weighted by Crippen LogP contribution is 2.33. The third kappa shape index (κ3) is 1.94. The number of imide groups is 1. The van der Waals surface area contributed by atoms with Crippen LogP contribution in [-0.4, -0.2) is 47.4 Å². The van der Waals surface area contributed by atoms with Gasteiger partial charge in [0.1, 0.15) is 0 Å². The molecule has 4 aliphatic rings. The number of hydroxylamine groups is 2. The maximum Gasteiger partial charge on any atom is 0.337 e. The zero-order valence-electron chi connectivity index (χ0n) is 12.0. The monoisotopic (exact) mass is 300 g/mol. The van der Waals surface area contributed by atoms with Crippen LogP contribution in [0.5, 0.6) is 0 Å². The Morgan fingerprint density at radius 2 is 1.64 bits per heavy atom. The van der Waals surface area contributed by atoms with Crippen molar-refractivity contribution in [3.8, 4) is 0 Å². The fourth-order valence-electron chi connectivity index (χ4n) is 3.64. The van der Waals surface area contributed by atoms with E-state index in [2.05, 4.69) is 4.90 Å². The number of piperidine rings is 3. The summed E-state index contributed by atoms with van der Waals surface area (Å²) < 4.78 is 0. The number of carbonyl (C=O) groups is 3. The zero-order valence-corrected chi connectivity index (χ0v) is 12.0. The number of nitrogens with zero attached hydrogens (tertiary/aromatic N) is 2. The zero-order chi connectivity index (χ0) is 15.3. The summed E-state index contributed by atoms with van der Waals surface area (Å²) >= 11 is 0. The van der Waals surface area contributed by atoms with Crippen LogP contribution in [0.3, 0.4) is 0 Å². The fourth-order valence-corrected chi connectivity index (χ4v) is 3.64. The first-order valence-corrected chi connectivity index (χ1v) is 7.57. The lowest BCUT2D eigenvalue weighted by Crippen LogP contribution is -2.51. The summed E-state index contributed by atoms with van der Waals surface area (Å²) in [6, 6.07) is 6.50. The molecule has 6 heteroatoms. The minimum absolute atomic E-state index is 0.244. The first-order chi connectivity index (χ1) is 10.6. The third-order valence-electron chi connectivity index (χ3n) is 4.90. The van der Waals surface area contributed by atoms with Gasteiger partial charge in [-0.25, -0.2) is 4.79 Å². The molecular weight excluding hydrogens is 284 g/mol. The summed E-state index contributed by atoms with van der Waals surface area (Å²) in [6.07, 6.45) is 1.95. The molecule has 22 heavy (non-hydrogen) atoms. The van der Waals surface area contributed by atoms with Crippen molar-refractivity contribution < 1.29 is 19.2 Å². The Hall–Kier alpha value is -2.21. The van der Waals surface area contributed by atoms with Gasteiger partial charge in [-0.3, -0.25) is 9.59 Å². The predicted octanol–water partition coefficient (Wildman–Crippen LogP) is 1.08. The van der Waals surface area contributed by atoms with Gasteiger partial charge < -0.3 is 9.74 Å². The number of rotatable bonds is 2. The van der Waals surface area contributed by atoms with E-state index in [1.54, 1.807) is 24.3 Å². The molecule has 114 valence electrons. The van der Waals surface area contributed by atoms with Crippen molar-refractivity contribution in [3.63, 3.8) is 0 Å². The van der Waals surface area contributed by atoms with E-state index in [1.165, 1.54) is 0 Å². The second-order valence-electron chi connectivity index (χ2n) is 6.11. The van der Waals surface area contributed by atoms with Gasteiger partial charge in [0.2, 0.25) is 0 Å². The smallest absolute Gasteiger partial charge is 0.329 e. The van der Waals surface area contributed by atoms with Crippen LogP contribution in [0.2, 0.25) is 0 Å². The molecule has 1 atom stereocenters. The number of hydrogen-bond donors (Lipinski definition) is 0. The first kappa shape index (κ1) is 13.5. The lowest BCUT2D eigenvalue weighted by molar-refractivity contribution is -0.180. The van der Waals surface area contributed by atoms with E-state index in [4.69, 9.17) is 4.84 Å². The molecule has 1 aromatic carbocycles. The molecule has 0 saturated carbocycles. The third-order valence-corrected chi connectivity index (χ3v) is 4.90. The molecule has 4 heterocycles. The second kappa shape index (κ2) is 4.91. The van der Waals surface area contributed by atoms with Gasteiger partial charge in [-0.15, -0.1) is 0 Å². The molecule has 1 unspecified atom stereocenters. The number of benzene rings is 1. The summed E-state index contributed by atoms with van der Waals surface area (Å²) in [5, 5.41) is 0.616. The molecule has 2 bridgehead atoms. The highest BCUT2D eigenvalue weighted by atomic mass is 16.7. The Bertz CT molecular complexity index is 629. The van der Waals surface area contributed by atoms with Gasteiger partial charge in [0.25, 0.3) is 11.8 Å². The van der Waals surface area contributed by atoms with Crippen molar-refractivity contribution >= 4 is 17.8 Å². The van der Waals surface area contributed by atoms with Crippen molar-refractivity contribution in [2.45, 2.75) is 12.8 Å². The van der Waals surface area contributed by atoms with E-state index in [9.17, 15) is 14.4 Å². The van der Waals surface area contributed by atoms with Crippen LogP contribution in [0, 0.1) is 11.8 Å².